The lowest BCUT2D eigenvalue weighted by molar-refractivity contribution is 0.354. The summed E-state index contributed by atoms with van der Waals surface area (Å²) < 4.78 is 15.8. The van der Waals surface area contributed by atoms with Crippen LogP contribution in [0.15, 0.2) is 41.4 Å². The van der Waals surface area contributed by atoms with Gasteiger partial charge in [-0.15, -0.1) is 0 Å². The van der Waals surface area contributed by atoms with Gasteiger partial charge in [0.2, 0.25) is 0 Å². The van der Waals surface area contributed by atoms with Crippen molar-refractivity contribution in [3.8, 4) is 23.0 Å². The van der Waals surface area contributed by atoms with Gasteiger partial charge in [-0.25, -0.2) is 4.99 Å². The van der Waals surface area contributed by atoms with E-state index in [0.29, 0.717) is 41.9 Å². The second kappa shape index (κ2) is 10.9. The van der Waals surface area contributed by atoms with Crippen LogP contribution in [-0.2, 0) is 13.0 Å². The average molecular weight is 387 g/mol. The molecule has 7 nitrogen and oxygen atoms in total. The van der Waals surface area contributed by atoms with Gasteiger partial charge in [-0.3, -0.25) is 0 Å². The van der Waals surface area contributed by atoms with Crippen LogP contribution in [0.1, 0.15) is 18.1 Å². The molecular formula is C21H29N3O4. The van der Waals surface area contributed by atoms with E-state index >= 15 is 0 Å². The maximum Gasteiger partial charge on any atom is 0.191 e. The van der Waals surface area contributed by atoms with Crippen LogP contribution in [0.25, 0.3) is 0 Å². The number of methoxy groups -OCH3 is 3. The van der Waals surface area contributed by atoms with Crippen molar-refractivity contribution in [1.82, 2.24) is 10.6 Å². The first-order chi connectivity index (χ1) is 13.6. The number of phenols is 1. The summed E-state index contributed by atoms with van der Waals surface area (Å²) in [5, 5.41) is 16.5. The quantitative estimate of drug-likeness (QED) is 0.453. The van der Waals surface area contributed by atoms with E-state index in [0.717, 1.165) is 18.5 Å². The molecule has 0 aromatic heterocycles. The molecule has 0 fully saturated rings. The van der Waals surface area contributed by atoms with E-state index in [1.54, 1.807) is 39.5 Å². The molecule has 7 heteroatoms. The number of hydrogen-bond donors (Lipinski definition) is 3. The van der Waals surface area contributed by atoms with Gasteiger partial charge in [0.25, 0.3) is 0 Å². The minimum Gasteiger partial charge on any atom is -0.508 e. The number of ether oxygens (including phenoxy) is 3. The number of nitrogens with zero attached hydrogens (tertiary/aromatic N) is 1. The Morgan fingerprint density at radius 2 is 1.75 bits per heavy atom. The summed E-state index contributed by atoms with van der Waals surface area (Å²) in [5.41, 5.74) is 1.84. The van der Waals surface area contributed by atoms with Gasteiger partial charge in [0, 0.05) is 18.7 Å². The van der Waals surface area contributed by atoms with E-state index in [9.17, 15) is 5.11 Å². The molecular weight excluding hydrogens is 358 g/mol. The van der Waals surface area contributed by atoms with Gasteiger partial charge >= 0.3 is 0 Å². The van der Waals surface area contributed by atoms with Gasteiger partial charge in [-0.1, -0.05) is 6.07 Å². The highest BCUT2D eigenvalue weighted by atomic mass is 16.5. The Labute approximate surface area is 166 Å². The second-order valence-corrected chi connectivity index (χ2v) is 6.06. The molecule has 0 bridgehead atoms. The van der Waals surface area contributed by atoms with E-state index in [2.05, 4.69) is 15.6 Å². The predicted molar refractivity (Wildman–Crippen MR) is 111 cm³/mol. The highest BCUT2D eigenvalue weighted by molar-refractivity contribution is 5.79. The topological polar surface area (TPSA) is 84.3 Å². The molecule has 3 N–H and O–H groups in total. The molecule has 0 aliphatic heterocycles. The van der Waals surface area contributed by atoms with E-state index in [1.165, 1.54) is 0 Å². The lowest BCUT2D eigenvalue weighted by Crippen LogP contribution is -2.38. The summed E-state index contributed by atoms with van der Waals surface area (Å²) in [6.45, 7) is 3.79. The van der Waals surface area contributed by atoms with Gasteiger partial charge < -0.3 is 30.0 Å². The third kappa shape index (κ3) is 5.97. The van der Waals surface area contributed by atoms with Gasteiger partial charge in [-0.2, -0.15) is 0 Å². The number of guanidine groups is 1. The van der Waals surface area contributed by atoms with Crippen molar-refractivity contribution in [1.29, 1.82) is 0 Å². The summed E-state index contributed by atoms with van der Waals surface area (Å²) >= 11 is 0. The van der Waals surface area contributed by atoms with Gasteiger partial charge in [0.15, 0.2) is 17.5 Å². The minimum atomic E-state index is 0.200. The van der Waals surface area contributed by atoms with Crippen molar-refractivity contribution in [2.45, 2.75) is 19.9 Å². The molecule has 0 amide bonds. The SMILES string of the molecule is CCNC(=NCc1cc(OC)ccc1O)NCCc1ccc(OC)c(OC)c1. The van der Waals surface area contributed by atoms with Crippen LogP contribution in [0.2, 0.25) is 0 Å². The van der Waals surface area contributed by atoms with E-state index < -0.39 is 0 Å². The molecule has 2 aromatic carbocycles. The van der Waals surface area contributed by atoms with Crippen LogP contribution in [0.3, 0.4) is 0 Å². The van der Waals surface area contributed by atoms with Crippen molar-refractivity contribution in [3.05, 3.63) is 47.5 Å². The smallest absolute Gasteiger partial charge is 0.191 e. The van der Waals surface area contributed by atoms with E-state index in [4.69, 9.17) is 14.2 Å². The molecule has 0 heterocycles. The molecule has 0 aliphatic carbocycles. The zero-order valence-corrected chi connectivity index (χ0v) is 16.9. The minimum absolute atomic E-state index is 0.200. The molecule has 152 valence electrons. The Kier molecular flexibility index (Phi) is 8.27. The van der Waals surface area contributed by atoms with E-state index in [1.807, 2.05) is 25.1 Å². The second-order valence-electron chi connectivity index (χ2n) is 6.06. The van der Waals surface area contributed by atoms with Crippen molar-refractivity contribution >= 4 is 5.96 Å². The number of aliphatic imine (C=N–C) groups is 1. The number of aromatic hydroxyl groups is 1. The zero-order chi connectivity index (χ0) is 20.4. The average Bonchev–Trinajstić information content (AvgIpc) is 2.72. The van der Waals surface area contributed by atoms with Crippen LogP contribution in [0.5, 0.6) is 23.0 Å². The molecule has 0 unspecified atom stereocenters. The molecule has 2 aromatic rings. The normalized spacial score (nSPS) is 11.1. The summed E-state index contributed by atoms with van der Waals surface area (Å²) in [5.74, 6) is 3.01. The molecule has 0 saturated carbocycles. The van der Waals surface area contributed by atoms with Crippen LogP contribution < -0.4 is 24.8 Å². The maximum atomic E-state index is 10.0. The molecule has 0 aliphatic rings. The fraction of sp³-hybridized carbons (Fsp3) is 0.381. The third-order valence-electron chi connectivity index (χ3n) is 4.19. The zero-order valence-electron chi connectivity index (χ0n) is 16.9. The Hall–Kier alpha value is -3.09. The maximum absolute atomic E-state index is 10.0. The fourth-order valence-corrected chi connectivity index (χ4v) is 2.68. The molecule has 0 atom stereocenters. The van der Waals surface area contributed by atoms with Gasteiger partial charge in [-0.05, 0) is 49.2 Å². The fourth-order valence-electron chi connectivity index (χ4n) is 2.68. The van der Waals surface area contributed by atoms with Gasteiger partial charge in [0.1, 0.15) is 11.5 Å². The Bertz CT molecular complexity index is 793. The number of phenolic OH excluding ortho intramolecular Hbond substituents is 1. The van der Waals surface area contributed by atoms with Crippen molar-refractivity contribution in [2.75, 3.05) is 34.4 Å². The van der Waals surface area contributed by atoms with Crippen LogP contribution in [0, 0.1) is 0 Å². The summed E-state index contributed by atoms with van der Waals surface area (Å²) in [6.07, 6.45) is 0.801. The number of nitrogens with one attached hydrogen (secondary N) is 2. The van der Waals surface area contributed by atoms with Crippen LogP contribution in [0.4, 0.5) is 0 Å². The third-order valence-corrected chi connectivity index (χ3v) is 4.19. The monoisotopic (exact) mass is 387 g/mol. The first-order valence-corrected chi connectivity index (χ1v) is 9.20. The lowest BCUT2D eigenvalue weighted by atomic mass is 10.1. The molecule has 0 spiro atoms. The number of hydrogen-bond acceptors (Lipinski definition) is 5. The Morgan fingerprint density at radius 3 is 2.43 bits per heavy atom. The van der Waals surface area contributed by atoms with E-state index in [-0.39, 0.29) is 5.75 Å². The summed E-state index contributed by atoms with van der Waals surface area (Å²) in [6, 6.07) is 11.0. The molecule has 28 heavy (non-hydrogen) atoms. The number of rotatable bonds is 9. The molecule has 0 radical (unpaired) electrons. The first-order valence-electron chi connectivity index (χ1n) is 9.20. The molecule has 2 rings (SSSR count). The highest BCUT2D eigenvalue weighted by Crippen LogP contribution is 2.27. The van der Waals surface area contributed by atoms with Crippen LogP contribution >= 0.6 is 0 Å². The number of benzene rings is 2. The summed E-state index contributed by atoms with van der Waals surface area (Å²) in [4.78, 5) is 4.55. The largest absolute Gasteiger partial charge is 0.508 e. The first kappa shape index (κ1) is 21.2. The standard InChI is InChI=1S/C21H29N3O4/c1-5-22-21(24-14-16-13-17(26-2)7-8-18(16)25)23-11-10-15-6-9-19(27-3)20(12-15)28-4/h6-9,12-13,25H,5,10-11,14H2,1-4H3,(H2,22,23,24). The van der Waals surface area contributed by atoms with Crippen molar-refractivity contribution < 1.29 is 19.3 Å². The van der Waals surface area contributed by atoms with Crippen LogP contribution in [-0.4, -0.2) is 45.5 Å². The van der Waals surface area contributed by atoms with Crippen molar-refractivity contribution in [2.24, 2.45) is 4.99 Å². The summed E-state index contributed by atoms with van der Waals surface area (Å²) in [7, 11) is 4.85. The Morgan fingerprint density at radius 1 is 0.964 bits per heavy atom. The lowest BCUT2D eigenvalue weighted by Gasteiger charge is -2.13. The highest BCUT2D eigenvalue weighted by Gasteiger charge is 2.06. The van der Waals surface area contributed by atoms with Crippen molar-refractivity contribution in [3.63, 3.8) is 0 Å². The van der Waals surface area contributed by atoms with Gasteiger partial charge in [0.05, 0.1) is 27.9 Å². The Balaban J connectivity index is 1.98. The predicted octanol–water partition coefficient (Wildman–Crippen LogP) is 2.72. The molecule has 0 saturated heterocycles.